The highest BCUT2D eigenvalue weighted by Crippen LogP contribution is 2.25. The number of carbonyl (C=O) groups is 1. The SMILES string of the molecule is CC(CN1C(=O)CNC1c1ccc(F)cc1F)S(C)=O. The van der Waals surface area contributed by atoms with E-state index in [2.05, 4.69) is 5.32 Å². The first kappa shape index (κ1) is 15.1. The number of rotatable bonds is 4. The molecule has 0 aliphatic carbocycles. The van der Waals surface area contributed by atoms with Gasteiger partial charge >= 0.3 is 0 Å². The van der Waals surface area contributed by atoms with Crippen molar-refractivity contribution in [2.75, 3.05) is 19.3 Å². The van der Waals surface area contributed by atoms with Gasteiger partial charge in [-0.1, -0.05) is 0 Å². The van der Waals surface area contributed by atoms with E-state index < -0.39 is 28.6 Å². The van der Waals surface area contributed by atoms with Gasteiger partial charge < -0.3 is 4.90 Å². The number of nitrogens with one attached hydrogen (secondary N) is 1. The van der Waals surface area contributed by atoms with Crippen LogP contribution in [0.3, 0.4) is 0 Å². The maximum Gasteiger partial charge on any atom is 0.238 e. The zero-order chi connectivity index (χ0) is 14.9. The summed E-state index contributed by atoms with van der Waals surface area (Å²) in [6.45, 7) is 2.11. The molecule has 7 heteroatoms. The molecule has 20 heavy (non-hydrogen) atoms. The topological polar surface area (TPSA) is 49.4 Å². The Morgan fingerprint density at radius 1 is 1.50 bits per heavy atom. The van der Waals surface area contributed by atoms with Crippen LogP contribution in [0.1, 0.15) is 18.7 Å². The van der Waals surface area contributed by atoms with E-state index in [-0.39, 0.29) is 29.8 Å². The van der Waals surface area contributed by atoms with Crippen molar-refractivity contribution in [3.05, 3.63) is 35.4 Å². The van der Waals surface area contributed by atoms with Crippen LogP contribution in [0.4, 0.5) is 8.78 Å². The minimum atomic E-state index is -1.08. The maximum atomic E-state index is 13.8. The minimum Gasteiger partial charge on any atom is -0.321 e. The molecule has 2 rings (SSSR count). The molecule has 1 amide bonds. The Kier molecular flexibility index (Phi) is 4.49. The summed E-state index contributed by atoms with van der Waals surface area (Å²) in [6, 6.07) is 3.27. The van der Waals surface area contributed by atoms with E-state index in [9.17, 15) is 17.8 Å². The van der Waals surface area contributed by atoms with Crippen molar-refractivity contribution in [3.63, 3.8) is 0 Å². The maximum absolute atomic E-state index is 13.8. The zero-order valence-corrected chi connectivity index (χ0v) is 12.0. The quantitative estimate of drug-likeness (QED) is 0.908. The largest absolute Gasteiger partial charge is 0.321 e. The lowest BCUT2D eigenvalue weighted by Crippen LogP contribution is -2.37. The average molecular weight is 302 g/mol. The molecule has 1 heterocycles. The lowest BCUT2D eigenvalue weighted by molar-refractivity contribution is -0.128. The third-order valence-corrected chi connectivity index (χ3v) is 4.64. The van der Waals surface area contributed by atoms with Gasteiger partial charge in [-0.3, -0.25) is 14.3 Å². The monoisotopic (exact) mass is 302 g/mol. The number of hydrogen-bond acceptors (Lipinski definition) is 3. The van der Waals surface area contributed by atoms with Crippen molar-refractivity contribution < 1.29 is 17.8 Å². The van der Waals surface area contributed by atoms with E-state index >= 15 is 0 Å². The summed E-state index contributed by atoms with van der Waals surface area (Å²) >= 11 is 0. The highest BCUT2D eigenvalue weighted by atomic mass is 32.2. The van der Waals surface area contributed by atoms with Crippen LogP contribution in [0, 0.1) is 11.6 Å². The van der Waals surface area contributed by atoms with Gasteiger partial charge in [-0.25, -0.2) is 8.78 Å². The Balaban J connectivity index is 2.25. The molecule has 4 nitrogen and oxygen atoms in total. The van der Waals surface area contributed by atoms with Crippen LogP contribution < -0.4 is 5.32 Å². The van der Waals surface area contributed by atoms with Crippen molar-refractivity contribution in [3.8, 4) is 0 Å². The Bertz CT molecular complexity index is 553. The second-order valence-electron chi connectivity index (χ2n) is 4.80. The fourth-order valence-corrected chi connectivity index (χ4v) is 2.50. The highest BCUT2D eigenvalue weighted by molar-refractivity contribution is 7.84. The van der Waals surface area contributed by atoms with E-state index in [0.717, 1.165) is 12.1 Å². The molecule has 0 aromatic heterocycles. The lowest BCUT2D eigenvalue weighted by Gasteiger charge is -2.27. The molecule has 1 aliphatic rings. The predicted molar refractivity (Wildman–Crippen MR) is 72.3 cm³/mol. The molecule has 1 aromatic carbocycles. The molecular weight excluding hydrogens is 286 g/mol. The smallest absolute Gasteiger partial charge is 0.238 e. The fourth-order valence-electron chi connectivity index (χ4n) is 2.13. The molecule has 0 spiro atoms. The lowest BCUT2D eigenvalue weighted by atomic mass is 10.1. The van der Waals surface area contributed by atoms with Gasteiger partial charge in [-0.05, 0) is 19.1 Å². The van der Waals surface area contributed by atoms with Gasteiger partial charge in [0.2, 0.25) is 5.91 Å². The van der Waals surface area contributed by atoms with Gasteiger partial charge in [0, 0.05) is 40.5 Å². The van der Waals surface area contributed by atoms with Gasteiger partial charge in [0.25, 0.3) is 0 Å². The van der Waals surface area contributed by atoms with Crippen LogP contribution in [0.25, 0.3) is 0 Å². The zero-order valence-electron chi connectivity index (χ0n) is 11.2. The molecule has 1 saturated heterocycles. The molecule has 3 atom stereocenters. The van der Waals surface area contributed by atoms with Crippen molar-refractivity contribution in [2.24, 2.45) is 0 Å². The number of benzene rings is 1. The van der Waals surface area contributed by atoms with Gasteiger partial charge in [-0.2, -0.15) is 0 Å². The molecule has 1 aromatic rings. The molecule has 0 bridgehead atoms. The van der Waals surface area contributed by atoms with Crippen molar-refractivity contribution in [1.29, 1.82) is 0 Å². The Morgan fingerprint density at radius 2 is 2.20 bits per heavy atom. The van der Waals surface area contributed by atoms with Crippen LogP contribution in [0.5, 0.6) is 0 Å². The van der Waals surface area contributed by atoms with Crippen LogP contribution in [0.15, 0.2) is 18.2 Å². The van der Waals surface area contributed by atoms with Crippen molar-refractivity contribution >= 4 is 16.7 Å². The summed E-state index contributed by atoms with van der Waals surface area (Å²) in [5.41, 5.74) is 0.214. The van der Waals surface area contributed by atoms with Crippen LogP contribution in [0.2, 0.25) is 0 Å². The van der Waals surface area contributed by atoms with Gasteiger partial charge in [-0.15, -0.1) is 0 Å². The summed E-state index contributed by atoms with van der Waals surface area (Å²) in [5.74, 6) is -1.55. The first-order chi connectivity index (χ1) is 9.40. The van der Waals surface area contributed by atoms with E-state index in [1.54, 1.807) is 13.2 Å². The summed E-state index contributed by atoms with van der Waals surface area (Å²) < 4.78 is 38.2. The van der Waals surface area contributed by atoms with E-state index in [4.69, 9.17) is 0 Å². The second kappa shape index (κ2) is 5.97. The number of nitrogens with zero attached hydrogens (tertiary/aromatic N) is 1. The van der Waals surface area contributed by atoms with E-state index in [0.29, 0.717) is 0 Å². The number of amides is 1. The third kappa shape index (κ3) is 3.04. The molecular formula is C13H16F2N2O2S. The molecule has 0 radical (unpaired) electrons. The third-order valence-electron chi connectivity index (χ3n) is 3.36. The Morgan fingerprint density at radius 3 is 2.80 bits per heavy atom. The van der Waals surface area contributed by atoms with Gasteiger partial charge in [0.1, 0.15) is 17.8 Å². The molecule has 0 saturated carbocycles. The minimum absolute atomic E-state index is 0.0878. The fraction of sp³-hybridized carbons (Fsp3) is 0.462. The summed E-state index contributed by atoms with van der Waals surface area (Å²) in [6.07, 6.45) is 0.917. The van der Waals surface area contributed by atoms with Crippen LogP contribution in [-0.2, 0) is 15.6 Å². The molecule has 1 aliphatic heterocycles. The van der Waals surface area contributed by atoms with E-state index in [1.807, 2.05) is 0 Å². The molecule has 3 unspecified atom stereocenters. The molecule has 1 fully saturated rings. The van der Waals surface area contributed by atoms with Gasteiger partial charge in [0.05, 0.1) is 6.54 Å². The van der Waals surface area contributed by atoms with Crippen molar-refractivity contribution in [2.45, 2.75) is 18.3 Å². The predicted octanol–water partition coefficient (Wildman–Crippen LogP) is 1.16. The number of hydrogen-bond donors (Lipinski definition) is 1. The summed E-state index contributed by atoms with van der Waals surface area (Å²) in [4.78, 5) is 13.3. The summed E-state index contributed by atoms with van der Waals surface area (Å²) in [7, 11) is -1.08. The van der Waals surface area contributed by atoms with Crippen molar-refractivity contribution in [1.82, 2.24) is 10.2 Å². The molecule has 1 N–H and O–H groups in total. The average Bonchev–Trinajstić information content (AvgIpc) is 2.71. The Hall–Kier alpha value is -1.34. The number of halogens is 2. The van der Waals surface area contributed by atoms with Crippen LogP contribution in [-0.4, -0.2) is 39.6 Å². The normalized spacial score (nSPS) is 22.1. The first-order valence-corrected chi connectivity index (χ1v) is 7.82. The standard InChI is InChI=1S/C13H16F2N2O2S/c1-8(20(2)19)7-17-12(18)6-16-13(17)10-4-3-9(14)5-11(10)15/h3-5,8,13,16H,6-7H2,1-2H3. The first-order valence-electron chi connectivity index (χ1n) is 6.20. The number of carbonyl (C=O) groups excluding carboxylic acids is 1. The molecule has 110 valence electrons. The Labute approximate surface area is 118 Å². The van der Waals surface area contributed by atoms with Gasteiger partial charge in [0.15, 0.2) is 0 Å². The highest BCUT2D eigenvalue weighted by Gasteiger charge is 2.34. The van der Waals surface area contributed by atoms with Crippen LogP contribution >= 0.6 is 0 Å². The van der Waals surface area contributed by atoms with E-state index in [1.165, 1.54) is 11.0 Å². The second-order valence-corrected chi connectivity index (χ2v) is 6.61. The summed E-state index contributed by atoms with van der Waals surface area (Å²) in [5, 5.41) is 2.67.